The maximum absolute atomic E-state index is 10.3. The number of nitrogens with zero attached hydrogens (tertiary/aromatic N) is 2. The fourth-order valence-electron chi connectivity index (χ4n) is 5.59. The van der Waals surface area contributed by atoms with Gasteiger partial charge in [-0.15, -0.1) is 0 Å². The molecule has 3 aromatic rings. The zero-order valence-electron chi connectivity index (χ0n) is 21.1. The van der Waals surface area contributed by atoms with Crippen LogP contribution in [0.5, 0.6) is 17.2 Å². The van der Waals surface area contributed by atoms with Crippen LogP contribution in [-0.4, -0.2) is 28.4 Å². The minimum atomic E-state index is -0.793. The molecule has 1 fully saturated rings. The molecule has 0 saturated heterocycles. The second-order valence-corrected chi connectivity index (χ2v) is 11.0. The zero-order chi connectivity index (χ0) is 25.3. The van der Waals surface area contributed by atoms with Crippen molar-refractivity contribution in [3.05, 3.63) is 89.5 Å². The van der Waals surface area contributed by atoms with E-state index in [1.807, 2.05) is 48.5 Å². The monoisotopic (exact) mass is 482 g/mol. The van der Waals surface area contributed by atoms with Crippen LogP contribution < -0.4 is 4.74 Å². The van der Waals surface area contributed by atoms with Gasteiger partial charge < -0.3 is 14.9 Å². The number of phenolic OH excluding ortho intramolecular Hbond substituents is 2. The molecule has 186 valence electrons. The van der Waals surface area contributed by atoms with Crippen LogP contribution in [0.15, 0.2) is 82.8 Å². The molecule has 0 aromatic heterocycles. The third-order valence-electron chi connectivity index (χ3n) is 7.77. The minimum Gasteiger partial charge on any atom is -0.507 e. The smallest absolute Gasteiger partial charge is 0.205 e. The third kappa shape index (κ3) is 4.62. The Balaban J connectivity index is 1.62. The second kappa shape index (κ2) is 9.45. The third-order valence-corrected chi connectivity index (χ3v) is 7.77. The summed E-state index contributed by atoms with van der Waals surface area (Å²) in [5, 5.41) is 20.7. The van der Waals surface area contributed by atoms with E-state index in [2.05, 4.69) is 26.8 Å². The predicted octanol–water partition coefficient (Wildman–Crippen LogP) is 6.93. The molecule has 2 aliphatic rings. The average Bonchev–Trinajstić information content (AvgIpc) is 2.86. The van der Waals surface area contributed by atoms with Gasteiger partial charge in [-0.3, -0.25) is 4.99 Å². The molecule has 0 radical (unpaired) electrons. The molecule has 3 aromatic carbocycles. The molecule has 1 aliphatic heterocycles. The highest BCUT2D eigenvalue weighted by molar-refractivity contribution is 5.84. The molecular formula is C31H34N2O3. The Morgan fingerprint density at radius 2 is 1.47 bits per heavy atom. The summed E-state index contributed by atoms with van der Waals surface area (Å²) in [4.78, 5) is 10.2. The van der Waals surface area contributed by atoms with E-state index in [0.717, 1.165) is 30.6 Å². The first-order valence-corrected chi connectivity index (χ1v) is 12.7. The maximum Gasteiger partial charge on any atom is 0.205 e. The number of rotatable bonds is 4. The Kier molecular flexibility index (Phi) is 6.33. The molecule has 5 rings (SSSR count). The lowest BCUT2D eigenvalue weighted by atomic mass is 9.63. The van der Waals surface area contributed by atoms with Crippen molar-refractivity contribution in [1.82, 2.24) is 0 Å². The van der Waals surface area contributed by atoms with Crippen LogP contribution in [0.4, 0.5) is 0 Å². The van der Waals surface area contributed by atoms with Gasteiger partial charge in [-0.25, -0.2) is 4.99 Å². The van der Waals surface area contributed by atoms with Crippen molar-refractivity contribution < 1.29 is 14.9 Å². The van der Waals surface area contributed by atoms with Crippen LogP contribution in [0.25, 0.3) is 0 Å². The molecule has 0 amide bonds. The minimum absolute atomic E-state index is 0.00501. The van der Waals surface area contributed by atoms with E-state index in [9.17, 15) is 10.2 Å². The van der Waals surface area contributed by atoms with Crippen molar-refractivity contribution in [2.75, 3.05) is 0 Å². The zero-order valence-corrected chi connectivity index (χ0v) is 21.1. The highest BCUT2D eigenvalue weighted by Gasteiger charge is 2.54. The first-order valence-electron chi connectivity index (χ1n) is 12.7. The van der Waals surface area contributed by atoms with E-state index in [1.165, 1.54) is 0 Å². The van der Waals surface area contributed by atoms with E-state index in [4.69, 9.17) is 14.7 Å². The average molecular weight is 483 g/mol. The Labute approximate surface area is 213 Å². The fraction of sp³-hybridized carbons (Fsp3) is 0.355. The summed E-state index contributed by atoms with van der Waals surface area (Å²) in [7, 11) is 0. The highest BCUT2D eigenvalue weighted by Crippen LogP contribution is 2.56. The number of phenols is 2. The Hall–Kier alpha value is -3.60. The second-order valence-electron chi connectivity index (χ2n) is 11.0. The molecule has 36 heavy (non-hydrogen) atoms. The maximum atomic E-state index is 10.3. The first-order chi connectivity index (χ1) is 17.3. The van der Waals surface area contributed by atoms with Gasteiger partial charge in [-0.05, 0) is 54.5 Å². The van der Waals surface area contributed by atoms with Crippen molar-refractivity contribution in [3.63, 3.8) is 0 Å². The normalized spacial score (nSPS) is 25.9. The standard InChI is InChI=1S/C31H34N2O3/c1-30(2,3)23-16-17-31(33-20-22-11-5-8-14-27(22)35)25(18-23)29(24-12-6-9-15-28(24)36-31)32-19-21-10-4-7-13-26(21)34/h4-15,19-20,23,25,29,34-35H,16-18H2,1-3H3/b32-19?,33-20+/t23-,25-,29+,31+/m0/s1. The van der Waals surface area contributed by atoms with Gasteiger partial charge in [-0.1, -0.05) is 63.2 Å². The molecule has 1 heterocycles. The lowest BCUT2D eigenvalue weighted by Gasteiger charge is -2.51. The molecule has 5 nitrogen and oxygen atoms in total. The molecular weight excluding hydrogens is 448 g/mol. The van der Waals surface area contributed by atoms with Gasteiger partial charge in [0.25, 0.3) is 0 Å². The predicted molar refractivity (Wildman–Crippen MR) is 144 cm³/mol. The molecule has 0 spiro atoms. The van der Waals surface area contributed by atoms with Gasteiger partial charge in [0.1, 0.15) is 17.2 Å². The fourth-order valence-corrected chi connectivity index (χ4v) is 5.59. The molecule has 1 aliphatic carbocycles. The van der Waals surface area contributed by atoms with Gasteiger partial charge in [0, 0.05) is 41.5 Å². The Morgan fingerprint density at radius 3 is 2.14 bits per heavy atom. The van der Waals surface area contributed by atoms with Crippen molar-refractivity contribution >= 4 is 12.4 Å². The van der Waals surface area contributed by atoms with Crippen LogP contribution in [0.2, 0.25) is 0 Å². The number of fused-ring (bicyclic) bond motifs is 2. The van der Waals surface area contributed by atoms with E-state index in [0.29, 0.717) is 17.0 Å². The first kappa shape index (κ1) is 24.1. The highest BCUT2D eigenvalue weighted by atomic mass is 16.5. The number of para-hydroxylation sites is 3. The Bertz CT molecular complexity index is 1290. The van der Waals surface area contributed by atoms with E-state index in [1.54, 1.807) is 30.6 Å². The van der Waals surface area contributed by atoms with Crippen LogP contribution in [0.1, 0.15) is 62.8 Å². The van der Waals surface area contributed by atoms with Crippen molar-refractivity contribution in [3.8, 4) is 17.2 Å². The quantitative estimate of drug-likeness (QED) is 0.396. The molecule has 1 saturated carbocycles. The van der Waals surface area contributed by atoms with Crippen molar-refractivity contribution in [2.45, 2.75) is 51.8 Å². The van der Waals surface area contributed by atoms with Gasteiger partial charge in [-0.2, -0.15) is 0 Å². The molecule has 4 atom stereocenters. The van der Waals surface area contributed by atoms with E-state index < -0.39 is 5.72 Å². The number of aliphatic imine (C=N–C) groups is 2. The van der Waals surface area contributed by atoms with Crippen LogP contribution >= 0.6 is 0 Å². The molecule has 5 heteroatoms. The van der Waals surface area contributed by atoms with E-state index >= 15 is 0 Å². The summed E-state index contributed by atoms with van der Waals surface area (Å²) in [5.74, 6) is 1.68. The number of ether oxygens (including phenoxy) is 1. The molecule has 0 unspecified atom stereocenters. The summed E-state index contributed by atoms with van der Waals surface area (Å²) >= 11 is 0. The molecule has 0 bridgehead atoms. The summed E-state index contributed by atoms with van der Waals surface area (Å²) in [6.45, 7) is 6.90. The summed E-state index contributed by atoms with van der Waals surface area (Å²) in [5.41, 5.74) is 1.75. The topological polar surface area (TPSA) is 74.4 Å². The van der Waals surface area contributed by atoms with Crippen molar-refractivity contribution in [2.24, 2.45) is 27.2 Å². The summed E-state index contributed by atoms with van der Waals surface area (Å²) in [6.07, 6.45) is 6.20. The summed E-state index contributed by atoms with van der Waals surface area (Å²) < 4.78 is 6.75. The number of benzene rings is 3. The van der Waals surface area contributed by atoms with Gasteiger partial charge in [0.15, 0.2) is 0 Å². The number of hydrogen-bond donors (Lipinski definition) is 2. The molecule has 2 N–H and O–H groups in total. The van der Waals surface area contributed by atoms with Gasteiger partial charge in [0.05, 0.1) is 6.04 Å². The SMILES string of the molecule is CC(C)(C)[C@H]1CC[C@@]2(/N=C/c3ccccc3O)Oc3ccccc3[C@@H](N=Cc3ccccc3O)[C@@H]2C1. The van der Waals surface area contributed by atoms with Crippen molar-refractivity contribution in [1.29, 1.82) is 0 Å². The van der Waals surface area contributed by atoms with Gasteiger partial charge >= 0.3 is 0 Å². The number of aromatic hydroxyl groups is 2. The van der Waals surface area contributed by atoms with Crippen LogP contribution in [-0.2, 0) is 0 Å². The summed E-state index contributed by atoms with van der Waals surface area (Å²) in [6, 6.07) is 22.4. The van der Waals surface area contributed by atoms with Gasteiger partial charge in [0.2, 0.25) is 5.72 Å². The lowest BCUT2D eigenvalue weighted by Crippen LogP contribution is -2.52. The Morgan fingerprint density at radius 1 is 0.861 bits per heavy atom. The van der Waals surface area contributed by atoms with Crippen LogP contribution in [0.3, 0.4) is 0 Å². The lowest BCUT2D eigenvalue weighted by molar-refractivity contribution is -0.0717. The van der Waals surface area contributed by atoms with Crippen LogP contribution in [0, 0.1) is 17.3 Å². The largest absolute Gasteiger partial charge is 0.507 e. The van der Waals surface area contributed by atoms with E-state index in [-0.39, 0.29) is 28.9 Å². The number of hydrogen-bond acceptors (Lipinski definition) is 5.